The van der Waals surface area contributed by atoms with Crippen molar-refractivity contribution in [2.24, 2.45) is 0 Å². The van der Waals surface area contributed by atoms with Gasteiger partial charge in [0.05, 0.1) is 25.4 Å². The summed E-state index contributed by atoms with van der Waals surface area (Å²) in [6.07, 6.45) is 73.1. The summed E-state index contributed by atoms with van der Waals surface area (Å²) in [5.74, 6) is -0.112. The standard InChI is InChI=1S/C63H119NO5/c1-3-5-7-9-11-13-15-17-19-21-23-24-25-26-28-29-31-33-35-39-43-47-51-55-61(66)60(59-65)64-62(67)56-52-48-44-40-37-38-42-46-50-54-58-69-63(68)57-53-49-45-41-36-34-32-30-27-22-20-18-16-14-12-10-8-6-4-2/h12,14,18,20,51,55,60-61,65-66H,3-11,13,15-17,19,21-50,52-54,56-59H2,1-2H3,(H,64,67)/b14-12-,20-18-,55-51+. The van der Waals surface area contributed by atoms with Crippen LogP contribution in [-0.2, 0) is 14.3 Å². The van der Waals surface area contributed by atoms with Crippen molar-refractivity contribution in [3.63, 3.8) is 0 Å². The van der Waals surface area contributed by atoms with Gasteiger partial charge in [-0.3, -0.25) is 9.59 Å². The molecule has 6 nitrogen and oxygen atoms in total. The van der Waals surface area contributed by atoms with E-state index in [9.17, 15) is 19.8 Å². The lowest BCUT2D eigenvalue weighted by Gasteiger charge is -2.20. The van der Waals surface area contributed by atoms with Gasteiger partial charge in [0.15, 0.2) is 0 Å². The fourth-order valence-electron chi connectivity index (χ4n) is 9.43. The minimum Gasteiger partial charge on any atom is -0.466 e. The number of aliphatic hydroxyl groups excluding tert-OH is 2. The number of aliphatic hydroxyl groups is 2. The lowest BCUT2D eigenvalue weighted by atomic mass is 10.0. The average molecular weight is 971 g/mol. The Morgan fingerprint density at radius 1 is 0.406 bits per heavy atom. The summed E-state index contributed by atoms with van der Waals surface area (Å²) in [4.78, 5) is 24.6. The van der Waals surface area contributed by atoms with Gasteiger partial charge in [-0.15, -0.1) is 0 Å². The Kier molecular flexibility index (Phi) is 57.0. The first-order chi connectivity index (χ1) is 34.0. The highest BCUT2D eigenvalue weighted by Crippen LogP contribution is 2.17. The first-order valence-electron chi connectivity index (χ1n) is 30.8. The Hall–Kier alpha value is -1.92. The molecule has 69 heavy (non-hydrogen) atoms. The number of hydrogen-bond acceptors (Lipinski definition) is 5. The summed E-state index contributed by atoms with van der Waals surface area (Å²) < 4.78 is 5.48. The second-order valence-corrected chi connectivity index (χ2v) is 21.0. The summed E-state index contributed by atoms with van der Waals surface area (Å²) in [5.41, 5.74) is 0. The van der Waals surface area contributed by atoms with E-state index in [0.717, 1.165) is 64.2 Å². The zero-order valence-corrected chi connectivity index (χ0v) is 46.3. The molecule has 0 spiro atoms. The monoisotopic (exact) mass is 970 g/mol. The molecule has 2 unspecified atom stereocenters. The predicted octanol–water partition coefficient (Wildman–Crippen LogP) is 19.2. The van der Waals surface area contributed by atoms with Crippen molar-refractivity contribution in [3.05, 3.63) is 36.5 Å². The number of rotatable bonds is 57. The van der Waals surface area contributed by atoms with E-state index < -0.39 is 12.1 Å². The fourth-order valence-corrected chi connectivity index (χ4v) is 9.43. The third kappa shape index (κ3) is 55.2. The maximum absolute atomic E-state index is 12.5. The van der Waals surface area contributed by atoms with E-state index in [2.05, 4.69) is 43.5 Å². The highest BCUT2D eigenvalue weighted by Gasteiger charge is 2.18. The Morgan fingerprint density at radius 2 is 0.725 bits per heavy atom. The van der Waals surface area contributed by atoms with Crippen molar-refractivity contribution >= 4 is 11.9 Å². The zero-order valence-electron chi connectivity index (χ0n) is 46.3. The van der Waals surface area contributed by atoms with Crippen LogP contribution in [-0.4, -0.2) is 47.4 Å². The highest BCUT2D eigenvalue weighted by atomic mass is 16.5. The molecule has 0 aromatic heterocycles. The third-order valence-electron chi connectivity index (χ3n) is 14.2. The Bertz CT molecular complexity index is 1120. The maximum Gasteiger partial charge on any atom is 0.305 e. The molecule has 0 aliphatic carbocycles. The molecule has 0 saturated carbocycles. The molecular weight excluding hydrogens is 851 g/mol. The van der Waals surface area contributed by atoms with Gasteiger partial charge in [-0.2, -0.15) is 0 Å². The molecule has 0 aromatic rings. The number of amides is 1. The maximum atomic E-state index is 12.5. The molecule has 0 fully saturated rings. The predicted molar refractivity (Wildman–Crippen MR) is 301 cm³/mol. The molecule has 0 aromatic carbocycles. The summed E-state index contributed by atoms with van der Waals surface area (Å²) in [6.45, 7) is 4.85. The third-order valence-corrected chi connectivity index (χ3v) is 14.2. The molecule has 406 valence electrons. The molecule has 0 bridgehead atoms. The van der Waals surface area contributed by atoms with Gasteiger partial charge in [0.25, 0.3) is 0 Å². The van der Waals surface area contributed by atoms with E-state index in [-0.39, 0.29) is 18.5 Å². The van der Waals surface area contributed by atoms with Crippen LogP contribution in [0.5, 0.6) is 0 Å². The molecule has 1 amide bonds. The van der Waals surface area contributed by atoms with Crippen LogP contribution in [0.25, 0.3) is 0 Å². The Labute approximate surface area is 430 Å². The normalized spacial score (nSPS) is 12.8. The van der Waals surface area contributed by atoms with E-state index in [0.29, 0.717) is 19.4 Å². The summed E-state index contributed by atoms with van der Waals surface area (Å²) >= 11 is 0. The second-order valence-electron chi connectivity index (χ2n) is 21.0. The lowest BCUT2D eigenvalue weighted by molar-refractivity contribution is -0.143. The fraction of sp³-hybridized carbons (Fsp3) is 0.873. The van der Waals surface area contributed by atoms with E-state index in [4.69, 9.17) is 4.74 Å². The summed E-state index contributed by atoms with van der Waals surface area (Å²) in [7, 11) is 0. The van der Waals surface area contributed by atoms with Crippen molar-refractivity contribution in [3.8, 4) is 0 Å². The van der Waals surface area contributed by atoms with Gasteiger partial charge in [0.2, 0.25) is 5.91 Å². The van der Waals surface area contributed by atoms with E-state index in [1.807, 2.05) is 6.08 Å². The molecule has 3 N–H and O–H groups in total. The van der Waals surface area contributed by atoms with Gasteiger partial charge in [0, 0.05) is 12.8 Å². The summed E-state index contributed by atoms with van der Waals surface area (Å²) in [5, 5.41) is 23.2. The highest BCUT2D eigenvalue weighted by molar-refractivity contribution is 5.76. The number of esters is 1. The minimum atomic E-state index is -0.861. The van der Waals surface area contributed by atoms with E-state index in [1.54, 1.807) is 6.08 Å². The number of hydrogen-bond donors (Lipinski definition) is 3. The van der Waals surface area contributed by atoms with Crippen LogP contribution < -0.4 is 5.32 Å². The molecular formula is C63H119NO5. The van der Waals surface area contributed by atoms with Crippen molar-refractivity contribution in [1.82, 2.24) is 5.32 Å². The van der Waals surface area contributed by atoms with Crippen LogP contribution in [0.1, 0.15) is 328 Å². The number of nitrogens with one attached hydrogen (secondary N) is 1. The molecule has 0 aliphatic heterocycles. The number of allylic oxidation sites excluding steroid dienone is 5. The SMILES string of the molecule is CCCCC/C=C\C/C=C\CCCCCCCCCCCC(=O)OCCCCCCCCCCCCC(=O)NC(CO)C(O)/C=C/CCCCCCCCCCCCCCCCCCCCCCC. The summed E-state index contributed by atoms with van der Waals surface area (Å²) in [6, 6.07) is -0.647. The zero-order chi connectivity index (χ0) is 50.0. The molecule has 6 heteroatoms. The first kappa shape index (κ1) is 67.1. The van der Waals surface area contributed by atoms with Crippen molar-refractivity contribution in [2.45, 2.75) is 341 Å². The van der Waals surface area contributed by atoms with Crippen LogP contribution in [0.4, 0.5) is 0 Å². The van der Waals surface area contributed by atoms with Crippen LogP contribution in [0, 0.1) is 0 Å². The van der Waals surface area contributed by atoms with Gasteiger partial charge in [-0.25, -0.2) is 0 Å². The molecule has 0 radical (unpaired) electrons. The van der Waals surface area contributed by atoms with E-state index in [1.165, 1.54) is 238 Å². The minimum absolute atomic E-state index is 0.0239. The van der Waals surface area contributed by atoms with Crippen molar-refractivity contribution < 1.29 is 24.5 Å². The van der Waals surface area contributed by atoms with Gasteiger partial charge in [0.1, 0.15) is 0 Å². The Morgan fingerprint density at radius 3 is 1.13 bits per heavy atom. The van der Waals surface area contributed by atoms with Gasteiger partial charge >= 0.3 is 5.97 Å². The lowest BCUT2D eigenvalue weighted by Crippen LogP contribution is -2.45. The number of carbonyl (C=O) groups excluding carboxylic acids is 2. The van der Waals surface area contributed by atoms with Crippen LogP contribution >= 0.6 is 0 Å². The first-order valence-corrected chi connectivity index (χ1v) is 30.8. The van der Waals surface area contributed by atoms with E-state index >= 15 is 0 Å². The van der Waals surface area contributed by atoms with Gasteiger partial charge in [-0.1, -0.05) is 288 Å². The van der Waals surface area contributed by atoms with Crippen molar-refractivity contribution in [1.29, 1.82) is 0 Å². The number of carbonyl (C=O) groups is 2. The molecule has 0 heterocycles. The molecule has 0 rings (SSSR count). The smallest absolute Gasteiger partial charge is 0.305 e. The van der Waals surface area contributed by atoms with Gasteiger partial charge < -0.3 is 20.3 Å². The molecule has 2 atom stereocenters. The number of unbranched alkanes of at least 4 members (excludes halogenated alkanes) is 42. The number of ether oxygens (including phenoxy) is 1. The van der Waals surface area contributed by atoms with Crippen molar-refractivity contribution in [2.75, 3.05) is 13.2 Å². The largest absolute Gasteiger partial charge is 0.466 e. The van der Waals surface area contributed by atoms with Crippen LogP contribution in [0.15, 0.2) is 36.5 Å². The molecule has 0 aliphatic rings. The molecule has 0 saturated heterocycles. The Balaban J connectivity index is 3.49. The average Bonchev–Trinajstić information content (AvgIpc) is 3.35. The quantitative estimate of drug-likeness (QED) is 0.0321. The second kappa shape index (κ2) is 58.6. The van der Waals surface area contributed by atoms with Crippen LogP contribution in [0.3, 0.4) is 0 Å². The topological polar surface area (TPSA) is 95.9 Å². The van der Waals surface area contributed by atoms with Gasteiger partial charge in [-0.05, 0) is 64.2 Å². The van der Waals surface area contributed by atoms with Crippen LogP contribution in [0.2, 0.25) is 0 Å².